The zero-order valence-corrected chi connectivity index (χ0v) is 13.6. The van der Waals surface area contributed by atoms with Crippen molar-refractivity contribution in [3.63, 3.8) is 0 Å². The van der Waals surface area contributed by atoms with Crippen molar-refractivity contribution in [3.8, 4) is 5.75 Å². The van der Waals surface area contributed by atoms with Gasteiger partial charge < -0.3 is 4.74 Å². The fourth-order valence-electron chi connectivity index (χ4n) is 1.60. The van der Waals surface area contributed by atoms with Gasteiger partial charge in [-0.25, -0.2) is 4.83 Å². The minimum absolute atomic E-state index is 0.142. The van der Waals surface area contributed by atoms with E-state index in [0.29, 0.717) is 11.3 Å². The van der Waals surface area contributed by atoms with Crippen molar-refractivity contribution in [2.24, 2.45) is 5.10 Å². The smallest absolute Gasteiger partial charge is 0.276 e. The van der Waals surface area contributed by atoms with Crippen LogP contribution in [0.25, 0.3) is 0 Å². The van der Waals surface area contributed by atoms with Crippen LogP contribution in [-0.4, -0.2) is 21.7 Å². The van der Waals surface area contributed by atoms with E-state index in [4.69, 9.17) is 4.74 Å². The predicted molar refractivity (Wildman–Crippen MR) is 85.1 cm³/mol. The van der Waals surface area contributed by atoms with Gasteiger partial charge >= 0.3 is 0 Å². The molecule has 7 heteroatoms. The van der Waals surface area contributed by atoms with Gasteiger partial charge in [0.2, 0.25) is 0 Å². The lowest BCUT2D eigenvalue weighted by molar-refractivity contribution is 0.414. The molecular weight excluding hydrogens is 356 g/mol. The summed E-state index contributed by atoms with van der Waals surface area (Å²) in [7, 11) is -2.14. The van der Waals surface area contributed by atoms with E-state index in [2.05, 4.69) is 25.9 Å². The molecule has 0 aliphatic rings. The Bertz CT molecular complexity index is 743. The maximum atomic E-state index is 12.0. The molecule has 0 saturated carbocycles. The summed E-state index contributed by atoms with van der Waals surface area (Å²) in [4.78, 5) is 2.31. The number of hydrogen-bond acceptors (Lipinski definition) is 4. The molecule has 0 amide bonds. The molecule has 2 rings (SSSR count). The van der Waals surface area contributed by atoms with Crippen molar-refractivity contribution in [1.82, 2.24) is 4.83 Å². The number of hydrogen-bond donors (Lipinski definition) is 1. The van der Waals surface area contributed by atoms with Crippen LogP contribution < -0.4 is 9.57 Å². The average molecular weight is 369 g/mol. The molecule has 0 aliphatic heterocycles. The second kappa shape index (κ2) is 6.73. The van der Waals surface area contributed by atoms with Gasteiger partial charge in [-0.15, -0.1) is 0 Å². The van der Waals surface area contributed by atoms with Crippen molar-refractivity contribution in [1.29, 1.82) is 0 Å². The van der Waals surface area contributed by atoms with Gasteiger partial charge in [-0.2, -0.15) is 13.5 Å². The molecule has 0 bridgehead atoms. The highest BCUT2D eigenvalue weighted by Gasteiger charge is 2.12. The molecule has 0 radical (unpaired) electrons. The largest absolute Gasteiger partial charge is 0.496 e. The number of methoxy groups -OCH3 is 1. The third-order valence-electron chi connectivity index (χ3n) is 2.64. The molecule has 21 heavy (non-hydrogen) atoms. The highest BCUT2D eigenvalue weighted by molar-refractivity contribution is 9.10. The maximum absolute atomic E-state index is 12.0. The van der Waals surface area contributed by atoms with Gasteiger partial charge in [0.25, 0.3) is 10.0 Å². The summed E-state index contributed by atoms with van der Waals surface area (Å²) in [6.07, 6.45) is 1.40. The number of nitrogens with one attached hydrogen (secondary N) is 1. The summed E-state index contributed by atoms with van der Waals surface area (Å²) < 4.78 is 30.0. The van der Waals surface area contributed by atoms with E-state index in [1.165, 1.54) is 18.3 Å². The van der Waals surface area contributed by atoms with Gasteiger partial charge in [0.15, 0.2) is 0 Å². The summed E-state index contributed by atoms with van der Waals surface area (Å²) in [5, 5.41) is 3.77. The molecule has 0 aromatic heterocycles. The van der Waals surface area contributed by atoms with Crippen molar-refractivity contribution in [3.05, 3.63) is 58.6 Å². The number of rotatable bonds is 5. The Morgan fingerprint density at radius 2 is 1.81 bits per heavy atom. The van der Waals surface area contributed by atoms with Crippen LogP contribution in [0.5, 0.6) is 5.75 Å². The molecule has 0 fully saturated rings. The Labute approximate surface area is 131 Å². The molecule has 1 N–H and O–H groups in total. The first-order chi connectivity index (χ1) is 10.0. The fraction of sp³-hybridized carbons (Fsp3) is 0.0714. The van der Waals surface area contributed by atoms with E-state index in [1.807, 2.05) is 12.1 Å². The third-order valence-corrected chi connectivity index (χ3v) is 4.41. The van der Waals surface area contributed by atoms with Crippen molar-refractivity contribution < 1.29 is 13.2 Å². The minimum atomic E-state index is -3.68. The topological polar surface area (TPSA) is 67.8 Å². The normalized spacial score (nSPS) is 11.5. The second-order valence-corrected chi connectivity index (χ2v) is 6.63. The van der Waals surface area contributed by atoms with Gasteiger partial charge in [0, 0.05) is 10.0 Å². The van der Waals surface area contributed by atoms with E-state index < -0.39 is 10.0 Å². The summed E-state index contributed by atoms with van der Waals surface area (Å²) in [6.45, 7) is 0. The summed E-state index contributed by atoms with van der Waals surface area (Å²) in [5.41, 5.74) is 0.679. The Kier molecular flexibility index (Phi) is 4.98. The number of ether oxygens (including phenoxy) is 1. The van der Waals surface area contributed by atoms with Gasteiger partial charge in [0.05, 0.1) is 18.2 Å². The number of nitrogens with zero attached hydrogens (tertiary/aromatic N) is 1. The lowest BCUT2D eigenvalue weighted by Gasteiger charge is -2.05. The Morgan fingerprint density at radius 3 is 2.48 bits per heavy atom. The molecule has 0 heterocycles. The van der Waals surface area contributed by atoms with E-state index in [-0.39, 0.29) is 4.90 Å². The maximum Gasteiger partial charge on any atom is 0.276 e. The molecule has 0 atom stereocenters. The Hall–Kier alpha value is -1.86. The van der Waals surface area contributed by atoms with Gasteiger partial charge in [-0.3, -0.25) is 0 Å². The monoisotopic (exact) mass is 368 g/mol. The molecule has 0 unspecified atom stereocenters. The number of benzene rings is 2. The van der Waals surface area contributed by atoms with E-state index in [0.717, 1.165) is 4.47 Å². The molecule has 0 spiro atoms. The first kappa shape index (κ1) is 15.5. The molecule has 2 aromatic carbocycles. The standard InChI is InChI=1S/C14H13BrN2O3S/c1-20-14-5-3-2-4-11(14)10-16-17-21(18,19)13-8-6-12(15)7-9-13/h2-10,17H,1H3. The zero-order valence-electron chi connectivity index (χ0n) is 11.2. The van der Waals surface area contributed by atoms with Crippen LogP contribution in [0.4, 0.5) is 0 Å². The summed E-state index contributed by atoms with van der Waals surface area (Å²) >= 11 is 3.25. The van der Waals surface area contributed by atoms with Crippen LogP contribution >= 0.6 is 15.9 Å². The number of para-hydroxylation sites is 1. The third kappa shape index (κ3) is 4.05. The highest BCUT2D eigenvalue weighted by atomic mass is 79.9. The van der Waals surface area contributed by atoms with Crippen LogP contribution in [-0.2, 0) is 10.0 Å². The summed E-state index contributed by atoms with van der Waals surface area (Å²) in [5.74, 6) is 0.615. The van der Waals surface area contributed by atoms with Crippen LogP contribution in [0, 0.1) is 0 Å². The van der Waals surface area contributed by atoms with Crippen LogP contribution in [0.1, 0.15) is 5.56 Å². The van der Waals surface area contributed by atoms with Crippen molar-refractivity contribution >= 4 is 32.2 Å². The van der Waals surface area contributed by atoms with E-state index in [9.17, 15) is 8.42 Å². The zero-order chi connectivity index (χ0) is 15.3. The second-order valence-electron chi connectivity index (χ2n) is 4.05. The van der Waals surface area contributed by atoms with Gasteiger partial charge in [-0.1, -0.05) is 28.1 Å². The summed E-state index contributed by atoms with van der Waals surface area (Å²) in [6, 6.07) is 13.5. The van der Waals surface area contributed by atoms with Crippen LogP contribution in [0.3, 0.4) is 0 Å². The Balaban J connectivity index is 2.14. The molecule has 5 nitrogen and oxygen atoms in total. The lowest BCUT2D eigenvalue weighted by atomic mass is 10.2. The quantitative estimate of drug-likeness (QED) is 0.651. The number of halogens is 1. The molecular formula is C14H13BrN2O3S. The number of hydrazone groups is 1. The molecule has 110 valence electrons. The SMILES string of the molecule is COc1ccccc1C=NNS(=O)(=O)c1ccc(Br)cc1. The van der Waals surface area contributed by atoms with Crippen molar-refractivity contribution in [2.75, 3.05) is 7.11 Å². The lowest BCUT2D eigenvalue weighted by Crippen LogP contribution is -2.18. The van der Waals surface area contributed by atoms with Crippen LogP contribution in [0.15, 0.2) is 63.0 Å². The first-order valence-corrected chi connectivity index (χ1v) is 8.24. The van der Waals surface area contributed by atoms with Crippen LogP contribution in [0.2, 0.25) is 0 Å². The highest BCUT2D eigenvalue weighted by Crippen LogP contribution is 2.16. The fourth-order valence-corrected chi connectivity index (χ4v) is 2.66. The van der Waals surface area contributed by atoms with E-state index in [1.54, 1.807) is 31.4 Å². The first-order valence-electron chi connectivity index (χ1n) is 5.96. The molecule has 0 aliphatic carbocycles. The number of sulfonamides is 1. The van der Waals surface area contributed by atoms with Gasteiger partial charge in [-0.05, 0) is 36.4 Å². The molecule has 2 aromatic rings. The predicted octanol–water partition coefficient (Wildman–Crippen LogP) is 2.77. The molecule has 0 saturated heterocycles. The average Bonchev–Trinajstić information content (AvgIpc) is 2.48. The van der Waals surface area contributed by atoms with Gasteiger partial charge in [0.1, 0.15) is 5.75 Å². The van der Waals surface area contributed by atoms with Crippen molar-refractivity contribution in [2.45, 2.75) is 4.90 Å². The van der Waals surface area contributed by atoms with E-state index >= 15 is 0 Å². The Morgan fingerprint density at radius 1 is 1.14 bits per heavy atom. The minimum Gasteiger partial charge on any atom is -0.496 e.